The Bertz CT molecular complexity index is 1050. The highest BCUT2D eigenvalue weighted by Gasteiger charge is 2.22. The van der Waals surface area contributed by atoms with Crippen LogP contribution in [0, 0.1) is 4.77 Å². The van der Waals surface area contributed by atoms with Gasteiger partial charge < -0.3 is 10.2 Å². The Morgan fingerprint density at radius 1 is 1.31 bits per heavy atom. The predicted molar refractivity (Wildman–Crippen MR) is 122 cm³/mol. The average Bonchev–Trinajstić information content (AvgIpc) is 3.37. The second-order valence-corrected chi connectivity index (χ2v) is 8.82. The SMILES string of the molecule is CC(C(=O)Nc1ccc(N2CCCCC2)c(Cl)c1)n1c(-c2cccs2)n[nH]c1=S. The summed E-state index contributed by atoms with van der Waals surface area (Å²) in [5.74, 6) is 0.480. The van der Waals surface area contributed by atoms with Crippen molar-refractivity contribution in [1.29, 1.82) is 0 Å². The molecule has 1 amide bonds. The Morgan fingerprint density at radius 2 is 2.10 bits per heavy atom. The number of hydrogen-bond acceptors (Lipinski definition) is 5. The van der Waals surface area contributed by atoms with Gasteiger partial charge in [-0.25, -0.2) is 0 Å². The molecule has 3 aromatic rings. The molecule has 6 nitrogen and oxygen atoms in total. The molecule has 1 unspecified atom stereocenters. The molecular formula is C20H22ClN5OS2. The van der Waals surface area contributed by atoms with Crippen LogP contribution in [0.2, 0.25) is 5.02 Å². The van der Waals surface area contributed by atoms with Gasteiger partial charge in [0.25, 0.3) is 0 Å². The lowest BCUT2D eigenvalue weighted by atomic mass is 10.1. The topological polar surface area (TPSA) is 66.0 Å². The Labute approximate surface area is 183 Å². The van der Waals surface area contributed by atoms with Crippen molar-refractivity contribution in [3.63, 3.8) is 0 Å². The number of hydrogen-bond donors (Lipinski definition) is 2. The third-order valence-corrected chi connectivity index (χ3v) is 6.58. The summed E-state index contributed by atoms with van der Waals surface area (Å²) in [6.45, 7) is 3.85. The summed E-state index contributed by atoms with van der Waals surface area (Å²) in [6, 6.07) is 9.06. The van der Waals surface area contributed by atoms with Gasteiger partial charge in [0.2, 0.25) is 5.91 Å². The number of benzene rings is 1. The largest absolute Gasteiger partial charge is 0.370 e. The van der Waals surface area contributed by atoms with Crippen LogP contribution in [-0.2, 0) is 4.79 Å². The molecule has 1 aliphatic heterocycles. The molecule has 2 N–H and O–H groups in total. The number of rotatable bonds is 5. The van der Waals surface area contributed by atoms with E-state index in [-0.39, 0.29) is 5.91 Å². The lowest BCUT2D eigenvalue weighted by Gasteiger charge is -2.29. The molecule has 1 fully saturated rings. The Kier molecular flexibility index (Phi) is 6.03. The number of H-pyrrole nitrogens is 1. The summed E-state index contributed by atoms with van der Waals surface area (Å²) in [7, 11) is 0. The molecule has 4 rings (SSSR count). The molecule has 1 aromatic carbocycles. The fourth-order valence-electron chi connectivity index (χ4n) is 3.58. The smallest absolute Gasteiger partial charge is 0.247 e. The fraction of sp³-hybridized carbons (Fsp3) is 0.350. The van der Waals surface area contributed by atoms with Crippen LogP contribution in [0.15, 0.2) is 35.7 Å². The molecule has 1 aliphatic rings. The summed E-state index contributed by atoms with van der Waals surface area (Å²) < 4.78 is 2.15. The van der Waals surface area contributed by atoms with Gasteiger partial charge in [0.05, 0.1) is 15.6 Å². The van der Waals surface area contributed by atoms with Gasteiger partial charge in [-0.1, -0.05) is 17.7 Å². The van der Waals surface area contributed by atoms with Crippen molar-refractivity contribution in [2.24, 2.45) is 0 Å². The summed E-state index contributed by atoms with van der Waals surface area (Å²) >= 11 is 13.4. The molecular weight excluding hydrogens is 426 g/mol. The maximum Gasteiger partial charge on any atom is 0.247 e. The maximum absolute atomic E-state index is 12.9. The van der Waals surface area contributed by atoms with Gasteiger partial charge in [0.15, 0.2) is 10.6 Å². The lowest BCUT2D eigenvalue weighted by Crippen LogP contribution is -2.29. The number of thiophene rings is 1. The van der Waals surface area contributed by atoms with E-state index in [1.54, 1.807) is 15.9 Å². The number of nitrogens with one attached hydrogen (secondary N) is 2. The van der Waals surface area contributed by atoms with Crippen molar-refractivity contribution in [3.05, 3.63) is 45.5 Å². The van der Waals surface area contributed by atoms with E-state index in [1.807, 2.05) is 42.6 Å². The first kappa shape index (κ1) is 20.1. The standard InChI is InChI=1S/C20H22ClN5OS2/c1-13(26-18(23-24-20(26)28)17-6-5-11-29-17)19(27)22-14-7-8-16(15(21)12-14)25-9-3-2-4-10-25/h5-8,11-13H,2-4,9-10H2,1H3,(H,22,27)(H,24,28). The fourth-order valence-corrected chi connectivity index (χ4v) is 4.88. The van der Waals surface area contributed by atoms with E-state index in [0.717, 1.165) is 23.7 Å². The van der Waals surface area contributed by atoms with Crippen LogP contribution in [-0.4, -0.2) is 33.8 Å². The molecule has 3 heterocycles. The van der Waals surface area contributed by atoms with Crippen LogP contribution in [0.25, 0.3) is 10.7 Å². The highest BCUT2D eigenvalue weighted by Crippen LogP contribution is 2.31. The molecule has 1 atom stereocenters. The first-order chi connectivity index (χ1) is 14.0. The number of carbonyl (C=O) groups is 1. The highest BCUT2D eigenvalue weighted by molar-refractivity contribution is 7.71. The highest BCUT2D eigenvalue weighted by atomic mass is 35.5. The quantitative estimate of drug-likeness (QED) is 0.506. The second kappa shape index (κ2) is 8.69. The predicted octanol–water partition coefficient (Wildman–Crippen LogP) is 5.51. The third-order valence-electron chi connectivity index (χ3n) is 5.12. The molecule has 152 valence electrons. The number of halogens is 1. The summed E-state index contributed by atoms with van der Waals surface area (Å²) in [4.78, 5) is 16.2. The Hall–Kier alpha value is -2.16. The van der Waals surface area contributed by atoms with E-state index in [1.165, 1.54) is 19.3 Å². The zero-order valence-electron chi connectivity index (χ0n) is 16.0. The molecule has 0 saturated carbocycles. The zero-order valence-corrected chi connectivity index (χ0v) is 18.4. The van der Waals surface area contributed by atoms with Crippen molar-refractivity contribution >= 4 is 52.4 Å². The first-order valence-electron chi connectivity index (χ1n) is 9.61. The Balaban J connectivity index is 1.52. The molecule has 1 saturated heterocycles. The van der Waals surface area contributed by atoms with Crippen molar-refractivity contribution < 1.29 is 4.79 Å². The molecule has 2 aromatic heterocycles. The van der Waals surface area contributed by atoms with Crippen molar-refractivity contribution in [2.45, 2.75) is 32.2 Å². The van der Waals surface area contributed by atoms with Gasteiger partial charge in [0, 0.05) is 18.8 Å². The first-order valence-corrected chi connectivity index (χ1v) is 11.3. The van der Waals surface area contributed by atoms with E-state index < -0.39 is 6.04 Å². The Morgan fingerprint density at radius 3 is 2.79 bits per heavy atom. The normalized spacial score (nSPS) is 15.3. The number of anilines is 2. The van der Waals surface area contributed by atoms with E-state index in [9.17, 15) is 4.79 Å². The zero-order chi connectivity index (χ0) is 20.4. The van der Waals surface area contributed by atoms with E-state index in [0.29, 0.717) is 21.3 Å². The van der Waals surface area contributed by atoms with Crippen LogP contribution in [0.3, 0.4) is 0 Å². The third kappa shape index (κ3) is 4.24. The number of nitrogens with zero attached hydrogens (tertiary/aromatic N) is 3. The van der Waals surface area contributed by atoms with Gasteiger partial charge in [-0.15, -0.1) is 11.3 Å². The van der Waals surface area contributed by atoms with Crippen molar-refractivity contribution in [3.8, 4) is 10.7 Å². The number of piperidine rings is 1. The van der Waals surface area contributed by atoms with Crippen LogP contribution >= 0.6 is 35.2 Å². The molecule has 0 radical (unpaired) electrons. The number of aromatic amines is 1. The number of amides is 1. The van der Waals surface area contributed by atoms with Crippen molar-refractivity contribution in [2.75, 3.05) is 23.3 Å². The maximum atomic E-state index is 12.9. The van der Waals surface area contributed by atoms with E-state index in [4.69, 9.17) is 23.8 Å². The summed E-state index contributed by atoms with van der Waals surface area (Å²) in [6.07, 6.45) is 3.64. The van der Waals surface area contributed by atoms with Gasteiger partial charge in [0.1, 0.15) is 6.04 Å². The van der Waals surface area contributed by atoms with Crippen LogP contribution < -0.4 is 10.2 Å². The average molecular weight is 448 g/mol. The molecule has 0 aliphatic carbocycles. The molecule has 29 heavy (non-hydrogen) atoms. The monoisotopic (exact) mass is 447 g/mol. The lowest BCUT2D eigenvalue weighted by molar-refractivity contribution is -0.118. The van der Waals surface area contributed by atoms with Gasteiger partial charge in [-0.3, -0.25) is 14.5 Å². The van der Waals surface area contributed by atoms with E-state index in [2.05, 4.69) is 20.4 Å². The second-order valence-electron chi connectivity index (χ2n) is 7.08. The minimum Gasteiger partial charge on any atom is -0.370 e. The van der Waals surface area contributed by atoms with Gasteiger partial charge in [-0.05, 0) is 68.0 Å². The van der Waals surface area contributed by atoms with E-state index >= 15 is 0 Å². The molecule has 0 bridgehead atoms. The van der Waals surface area contributed by atoms with Crippen LogP contribution in [0.4, 0.5) is 11.4 Å². The number of carbonyl (C=O) groups excluding carboxylic acids is 1. The van der Waals surface area contributed by atoms with Crippen molar-refractivity contribution in [1.82, 2.24) is 14.8 Å². The molecule has 0 spiro atoms. The summed E-state index contributed by atoms with van der Waals surface area (Å²) in [5.41, 5.74) is 1.69. The molecule has 9 heteroatoms. The minimum absolute atomic E-state index is 0.179. The summed E-state index contributed by atoms with van der Waals surface area (Å²) in [5, 5.41) is 12.7. The minimum atomic E-state index is -0.529. The van der Waals surface area contributed by atoms with Crippen LogP contribution in [0.5, 0.6) is 0 Å². The van der Waals surface area contributed by atoms with Gasteiger partial charge >= 0.3 is 0 Å². The van der Waals surface area contributed by atoms with Crippen LogP contribution in [0.1, 0.15) is 32.2 Å². The van der Waals surface area contributed by atoms with Gasteiger partial charge in [-0.2, -0.15) is 5.10 Å². The number of aromatic nitrogens is 3.